The Balaban J connectivity index is 1.87. The van der Waals surface area contributed by atoms with E-state index in [1.54, 1.807) is 12.1 Å². The summed E-state index contributed by atoms with van der Waals surface area (Å²) in [6.07, 6.45) is 0.842. The van der Waals surface area contributed by atoms with Crippen molar-refractivity contribution >= 4 is 23.4 Å². The molecule has 0 fully saturated rings. The minimum absolute atomic E-state index is 0.0253. The van der Waals surface area contributed by atoms with E-state index in [0.717, 1.165) is 6.20 Å². The Bertz CT molecular complexity index is 1170. The number of nitrogens with zero attached hydrogens (tertiary/aromatic N) is 4. The highest BCUT2D eigenvalue weighted by atomic mass is 35.5. The zero-order chi connectivity index (χ0) is 24.1. The number of ether oxygens (including phenoxy) is 1. The normalized spacial score (nSPS) is 12.1. The molecule has 11 heteroatoms. The summed E-state index contributed by atoms with van der Waals surface area (Å²) in [5.41, 5.74) is 6.28. The van der Waals surface area contributed by atoms with Crippen molar-refractivity contribution in [1.29, 1.82) is 0 Å². The number of rotatable bonds is 9. The van der Waals surface area contributed by atoms with Crippen LogP contribution in [0, 0.1) is 17.6 Å². The summed E-state index contributed by atoms with van der Waals surface area (Å²) in [4.78, 5) is 32.5. The van der Waals surface area contributed by atoms with Gasteiger partial charge in [-0.1, -0.05) is 43.6 Å². The smallest absolute Gasteiger partial charge is 0.307 e. The standard InChI is InChI=1S/C22H22ClF2N5O3/c1-12(2)16(26)7-20(32)33-11-19(31)18-8-17(22-27-9-15(25)21(23)28-22)29-30(18)10-13-5-3-4-6-14(13)24/h3-6,8-9,12,16H,7,10-11,26H2,1-2H3/t16-/m0/s1. The van der Waals surface area contributed by atoms with Gasteiger partial charge in [0.1, 0.15) is 17.2 Å². The quantitative estimate of drug-likeness (QED) is 0.285. The third kappa shape index (κ3) is 6.17. The van der Waals surface area contributed by atoms with Crippen molar-refractivity contribution in [2.75, 3.05) is 6.61 Å². The van der Waals surface area contributed by atoms with E-state index in [0.29, 0.717) is 0 Å². The molecule has 0 spiro atoms. The molecule has 2 heterocycles. The SMILES string of the molecule is CC(C)[C@@H](N)CC(=O)OCC(=O)c1cc(-c2ncc(F)c(Cl)n2)nn1Cc1ccccc1F. The van der Waals surface area contributed by atoms with Gasteiger partial charge in [0.05, 0.1) is 19.2 Å². The molecule has 0 saturated heterocycles. The number of Topliss-reactive ketones (excluding diaryl/α,β-unsaturated/α-hetero) is 1. The molecule has 0 unspecified atom stereocenters. The Kier molecular flexibility index (Phi) is 7.83. The predicted octanol–water partition coefficient (Wildman–Crippen LogP) is 3.42. The van der Waals surface area contributed by atoms with Crippen LogP contribution in [0.2, 0.25) is 5.15 Å². The first-order chi connectivity index (χ1) is 15.7. The second kappa shape index (κ2) is 10.6. The van der Waals surface area contributed by atoms with Crippen LogP contribution in [-0.4, -0.2) is 44.1 Å². The van der Waals surface area contributed by atoms with E-state index in [2.05, 4.69) is 15.1 Å². The molecule has 3 rings (SSSR count). The number of carbonyl (C=O) groups is 2. The van der Waals surface area contributed by atoms with Crippen molar-refractivity contribution in [1.82, 2.24) is 19.7 Å². The molecule has 0 bridgehead atoms. The molecular weight excluding hydrogens is 456 g/mol. The van der Waals surface area contributed by atoms with Crippen molar-refractivity contribution in [2.45, 2.75) is 32.9 Å². The Labute approximate surface area is 193 Å². The Morgan fingerprint density at radius 2 is 1.94 bits per heavy atom. The van der Waals surface area contributed by atoms with Gasteiger partial charge in [0.15, 0.2) is 23.4 Å². The monoisotopic (exact) mass is 477 g/mol. The molecule has 1 atom stereocenters. The lowest BCUT2D eigenvalue weighted by Crippen LogP contribution is -2.30. The molecule has 0 radical (unpaired) electrons. The van der Waals surface area contributed by atoms with Gasteiger partial charge in [-0.05, 0) is 18.1 Å². The molecule has 0 saturated carbocycles. The molecule has 33 heavy (non-hydrogen) atoms. The zero-order valence-electron chi connectivity index (χ0n) is 18.0. The number of hydrogen-bond acceptors (Lipinski definition) is 7. The number of ketones is 1. The summed E-state index contributed by atoms with van der Waals surface area (Å²) in [7, 11) is 0. The van der Waals surface area contributed by atoms with Crippen molar-refractivity contribution in [3.05, 3.63) is 64.6 Å². The van der Waals surface area contributed by atoms with Crippen LogP contribution in [-0.2, 0) is 16.1 Å². The first kappa shape index (κ1) is 24.4. The fraction of sp³-hybridized carbons (Fsp3) is 0.318. The van der Waals surface area contributed by atoms with E-state index >= 15 is 0 Å². The first-order valence-electron chi connectivity index (χ1n) is 10.1. The third-order valence-electron chi connectivity index (χ3n) is 4.90. The molecule has 2 N–H and O–H groups in total. The van der Waals surface area contributed by atoms with Gasteiger partial charge in [-0.25, -0.2) is 18.7 Å². The minimum atomic E-state index is -0.811. The lowest BCUT2D eigenvalue weighted by Gasteiger charge is -2.14. The fourth-order valence-electron chi connectivity index (χ4n) is 2.84. The van der Waals surface area contributed by atoms with E-state index in [1.165, 1.54) is 22.9 Å². The number of aromatic nitrogens is 4. The number of halogens is 3. The van der Waals surface area contributed by atoms with Gasteiger partial charge in [-0.15, -0.1) is 0 Å². The highest BCUT2D eigenvalue weighted by Crippen LogP contribution is 2.21. The molecule has 2 aromatic heterocycles. The molecule has 3 aromatic rings. The Hall–Kier alpha value is -3.24. The van der Waals surface area contributed by atoms with Gasteiger partial charge in [0.25, 0.3) is 0 Å². The van der Waals surface area contributed by atoms with Crippen LogP contribution < -0.4 is 5.73 Å². The van der Waals surface area contributed by atoms with E-state index in [1.807, 2.05) is 13.8 Å². The summed E-state index contributed by atoms with van der Waals surface area (Å²) >= 11 is 5.73. The highest BCUT2D eigenvalue weighted by molar-refractivity contribution is 6.29. The Morgan fingerprint density at radius 1 is 1.21 bits per heavy atom. The number of benzene rings is 1. The highest BCUT2D eigenvalue weighted by Gasteiger charge is 2.22. The third-order valence-corrected chi connectivity index (χ3v) is 5.16. The van der Waals surface area contributed by atoms with Crippen LogP contribution in [0.1, 0.15) is 36.3 Å². The largest absolute Gasteiger partial charge is 0.457 e. The Morgan fingerprint density at radius 3 is 2.61 bits per heavy atom. The lowest BCUT2D eigenvalue weighted by molar-refractivity contribution is -0.143. The number of esters is 1. The lowest BCUT2D eigenvalue weighted by atomic mass is 10.0. The van der Waals surface area contributed by atoms with Crippen LogP contribution in [0.3, 0.4) is 0 Å². The number of nitrogens with two attached hydrogens (primary N) is 1. The first-order valence-corrected chi connectivity index (χ1v) is 10.5. The van der Waals surface area contributed by atoms with Crippen LogP contribution in [0.25, 0.3) is 11.5 Å². The molecule has 1 aromatic carbocycles. The van der Waals surface area contributed by atoms with Crippen LogP contribution in [0.15, 0.2) is 36.5 Å². The molecule has 0 aliphatic carbocycles. The topological polar surface area (TPSA) is 113 Å². The molecule has 0 aliphatic rings. The summed E-state index contributed by atoms with van der Waals surface area (Å²) in [5.74, 6) is -2.44. The number of carbonyl (C=O) groups excluding carboxylic acids is 2. The zero-order valence-corrected chi connectivity index (χ0v) is 18.7. The van der Waals surface area contributed by atoms with Gasteiger partial charge in [0.2, 0.25) is 5.78 Å². The van der Waals surface area contributed by atoms with Gasteiger partial charge in [0, 0.05) is 11.6 Å². The second-order valence-electron chi connectivity index (χ2n) is 7.69. The average Bonchev–Trinajstić information content (AvgIpc) is 3.19. The van der Waals surface area contributed by atoms with E-state index < -0.39 is 41.2 Å². The van der Waals surface area contributed by atoms with Crippen molar-refractivity contribution < 1.29 is 23.1 Å². The van der Waals surface area contributed by atoms with Crippen molar-refractivity contribution in [3.63, 3.8) is 0 Å². The van der Waals surface area contributed by atoms with Gasteiger partial charge >= 0.3 is 5.97 Å². The summed E-state index contributed by atoms with van der Waals surface area (Å²) in [6, 6.07) is 6.96. The van der Waals surface area contributed by atoms with Crippen molar-refractivity contribution in [2.24, 2.45) is 11.7 Å². The van der Waals surface area contributed by atoms with Crippen LogP contribution in [0.5, 0.6) is 0 Å². The summed E-state index contributed by atoms with van der Waals surface area (Å²) in [6.45, 7) is 3.09. The van der Waals surface area contributed by atoms with Gasteiger partial charge < -0.3 is 10.5 Å². The van der Waals surface area contributed by atoms with Crippen molar-refractivity contribution in [3.8, 4) is 11.5 Å². The summed E-state index contributed by atoms with van der Waals surface area (Å²) < 4.78 is 33.9. The van der Waals surface area contributed by atoms with Crippen LogP contribution in [0.4, 0.5) is 8.78 Å². The molecule has 0 aliphatic heterocycles. The predicted molar refractivity (Wildman–Crippen MR) is 116 cm³/mol. The van der Waals surface area contributed by atoms with Crippen LogP contribution >= 0.6 is 11.6 Å². The second-order valence-corrected chi connectivity index (χ2v) is 8.05. The number of hydrogen-bond donors (Lipinski definition) is 1. The van der Waals surface area contributed by atoms with E-state index in [9.17, 15) is 18.4 Å². The molecule has 0 amide bonds. The van der Waals surface area contributed by atoms with E-state index in [4.69, 9.17) is 22.1 Å². The minimum Gasteiger partial charge on any atom is -0.457 e. The molecule has 174 valence electrons. The molecule has 8 nitrogen and oxygen atoms in total. The molecular formula is C22H22ClF2N5O3. The van der Waals surface area contributed by atoms with E-state index in [-0.39, 0.29) is 41.7 Å². The maximum atomic E-state index is 14.2. The maximum Gasteiger partial charge on any atom is 0.307 e. The average molecular weight is 478 g/mol. The fourth-order valence-corrected chi connectivity index (χ4v) is 2.96. The summed E-state index contributed by atoms with van der Waals surface area (Å²) in [5, 5.41) is 3.86. The maximum absolute atomic E-state index is 14.2. The van der Waals surface area contributed by atoms with Gasteiger partial charge in [-0.3, -0.25) is 14.3 Å². The van der Waals surface area contributed by atoms with Gasteiger partial charge in [-0.2, -0.15) is 5.10 Å².